The smallest absolute Gasteiger partial charge is 0.308 e. The molecule has 0 aliphatic heterocycles. The van der Waals surface area contributed by atoms with Crippen LogP contribution in [0.25, 0.3) is 0 Å². The molecule has 0 spiro atoms. The Balaban J connectivity index is 2.64. The first kappa shape index (κ1) is 16.2. The van der Waals surface area contributed by atoms with Crippen LogP contribution in [0.15, 0.2) is 30.3 Å². The van der Waals surface area contributed by atoms with Gasteiger partial charge in [0.05, 0.1) is 12.0 Å². The summed E-state index contributed by atoms with van der Waals surface area (Å²) in [7, 11) is 0. The van der Waals surface area contributed by atoms with Crippen molar-refractivity contribution in [2.24, 2.45) is 5.92 Å². The zero-order valence-electron chi connectivity index (χ0n) is 11.8. The molecule has 1 aromatic rings. The van der Waals surface area contributed by atoms with E-state index in [2.05, 4.69) is 0 Å². The molecule has 0 heterocycles. The predicted octanol–water partition coefficient (Wildman–Crippen LogP) is 2.51. The van der Waals surface area contributed by atoms with E-state index in [0.29, 0.717) is 17.9 Å². The van der Waals surface area contributed by atoms with Gasteiger partial charge in [0.1, 0.15) is 0 Å². The number of carbonyl (C=O) groups is 2. The van der Waals surface area contributed by atoms with Crippen LogP contribution in [0.3, 0.4) is 0 Å². The van der Waals surface area contributed by atoms with Crippen molar-refractivity contribution in [1.82, 2.24) is 5.06 Å². The van der Waals surface area contributed by atoms with Gasteiger partial charge in [0.2, 0.25) is 6.41 Å². The van der Waals surface area contributed by atoms with E-state index in [9.17, 15) is 19.9 Å². The standard InChI is InChI=1S/C15H21NO4/c1-11(13-6-4-3-5-7-13)8-9-14(15(18)19)12(2)16(20)10-17/h3-7,10-12,14,20H,8-9H2,1-2H3,(H,18,19)/t11?,12-,14+/m0/s1. The van der Waals surface area contributed by atoms with Gasteiger partial charge in [0, 0.05) is 0 Å². The molecular formula is C15H21NO4. The van der Waals surface area contributed by atoms with Gasteiger partial charge >= 0.3 is 5.97 Å². The van der Waals surface area contributed by atoms with Crippen LogP contribution in [0.1, 0.15) is 38.2 Å². The van der Waals surface area contributed by atoms with Crippen molar-refractivity contribution in [3.05, 3.63) is 35.9 Å². The fourth-order valence-corrected chi connectivity index (χ4v) is 2.23. The summed E-state index contributed by atoms with van der Waals surface area (Å²) in [6.45, 7) is 3.57. The largest absolute Gasteiger partial charge is 0.481 e. The molecule has 0 aromatic heterocycles. The maximum absolute atomic E-state index is 11.3. The zero-order chi connectivity index (χ0) is 15.1. The minimum absolute atomic E-state index is 0.230. The highest BCUT2D eigenvalue weighted by Crippen LogP contribution is 2.25. The molecule has 1 amide bonds. The molecule has 1 unspecified atom stereocenters. The van der Waals surface area contributed by atoms with Crippen LogP contribution in [0.5, 0.6) is 0 Å². The first-order valence-corrected chi connectivity index (χ1v) is 6.67. The van der Waals surface area contributed by atoms with Crippen LogP contribution >= 0.6 is 0 Å². The first-order valence-electron chi connectivity index (χ1n) is 6.67. The van der Waals surface area contributed by atoms with Gasteiger partial charge in [0.25, 0.3) is 0 Å². The monoisotopic (exact) mass is 279 g/mol. The summed E-state index contributed by atoms with van der Waals surface area (Å²) >= 11 is 0. The third-order valence-electron chi connectivity index (χ3n) is 3.70. The van der Waals surface area contributed by atoms with Crippen molar-refractivity contribution in [1.29, 1.82) is 0 Å². The molecule has 5 nitrogen and oxygen atoms in total. The lowest BCUT2D eigenvalue weighted by molar-refractivity contribution is -0.170. The summed E-state index contributed by atoms with van der Waals surface area (Å²) in [6, 6.07) is 9.11. The predicted molar refractivity (Wildman–Crippen MR) is 74.4 cm³/mol. The lowest BCUT2D eigenvalue weighted by Gasteiger charge is -2.25. The van der Waals surface area contributed by atoms with Crippen molar-refractivity contribution < 1.29 is 19.9 Å². The molecule has 5 heteroatoms. The zero-order valence-corrected chi connectivity index (χ0v) is 11.8. The molecule has 2 N–H and O–H groups in total. The molecule has 0 aliphatic rings. The van der Waals surface area contributed by atoms with Crippen LogP contribution in [-0.2, 0) is 9.59 Å². The second-order valence-corrected chi connectivity index (χ2v) is 5.06. The minimum atomic E-state index is -1.00. The molecule has 0 radical (unpaired) electrons. The second kappa shape index (κ2) is 7.65. The van der Waals surface area contributed by atoms with Gasteiger partial charge in [-0.25, -0.2) is 5.06 Å². The lowest BCUT2D eigenvalue weighted by Crippen LogP contribution is -2.39. The van der Waals surface area contributed by atoms with Crippen molar-refractivity contribution in [2.45, 2.75) is 38.6 Å². The molecule has 1 aromatic carbocycles. The van der Waals surface area contributed by atoms with Crippen molar-refractivity contribution >= 4 is 12.4 Å². The Morgan fingerprint density at radius 1 is 1.25 bits per heavy atom. The number of carboxylic acids is 1. The average Bonchev–Trinajstić information content (AvgIpc) is 2.46. The number of hydroxylamine groups is 2. The normalized spacial score (nSPS) is 15.2. The molecule has 3 atom stereocenters. The van der Waals surface area contributed by atoms with E-state index in [4.69, 9.17) is 0 Å². The van der Waals surface area contributed by atoms with Crippen molar-refractivity contribution in [3.63, 3.8) is 0 Å². The summed E-state index contributed by atoms with van der Waals surface area (Å²) in [5.41, 5.74) is 1.15. The molecule has 0 saturated heterocycles. The number of hydrogen-bond acceptors (Lipinski definition) is 3. The second-order valence-electron chi connectivity index (χ2n) is 5.06. The highest BCUT2D eigenvalue weighted by atomic mass is 16.5. The van der Waals surface area contributed by atoms with E-state index in [1.807, 2.05) is 37.3 Å². The molecule has 0 fully saturated rings. The number of rotatable bonds is 8. The van der Waals surface area contributed by atoms with Gasteiger partial charge in [-0.15, -0.1) is 0 Å². The number of nitrogens with zero attached hydrogens (tertiary/aromatic N) is 1. The fraction of sp³-hybridized carbons (Fsp3) is 0.467. The van der Waals surface area contributed by atoms with E-state index >= 15 is 0 Å². The highest BCUT2D eigenvalue weighted by Gasteiger charge is 2.28. The van der Waals surface area contributed by atoms with Gasteiger partial charge in [-0.05, 0) is 31.2 Å². The maximum atomic E-state index is 11.3. The summed E-state index contributed by atoms with van der Waals surface area (Å²) in [4.78, 5) is 21.8. The molecule has 0 saturated carbocycles. The Morgan fingerprint density at radius 2 is 1.85 bits per heavy atom. The number of amides is 1. The molecule has 0 bridgehead atoms. The van der Waals surface area contributed by atoms with Crippen LogP contribution in [0.2, 0.25) is 0 Å². The minimum Gasteiger partial charge on any atom is -0.481 e. The van der Waals surface area contributed by atoms with Crippen LogP contribution in [0, 0.1) is 5.92 Å². The average molecular weight is 279 g/mol. The van der Waals surface area contributed by atoms with E-state index < -0.39 is 17.9 Å². The van der Waals surface area contributed by atoms with Gasteiger partial charge in [-0.1, -0.05) is 37.3 Å². The maximum Gasteiger partial charge on any atom is 0.308 e. The fourth-order valence-electron chi connectivity index (χ4n) is 2.23. The van der Waals surface area contributed by atoms with Crippen LogP contribution in [-0.4, -0.2) is 33.8 Å². The van der Waals surface area contributed by atoms with Crippen molar-refractivity contribution in [3.8, 4) is 0 Å². The first-order chi connectivity index (χ1) is 9.47. The summed E-state index contributed by atoms with van der Waals surface area (Å²) in [6.07, 6.45) is 1.32. The Morgan fingerprint density at radius 3 is 2.35 bits per heavy atom. The molecule has 0 aliphatic carbocycles. The number of benzene rings is 1. The number of aliphatic carboxylic acids is 1. The Kier molecular flexibility index (Phi) is 6.18. The molecule has 20 heavy (non-hydrogen) atoms. The van der Waals surface area contributed by atoms with Crippen LogP contribution < -0.4 is 0 Å². The van der Waals surface area contributed by atoms with E-state index in [1.54, 1.807) is 0 Å². The van der Waals surface area contributed by atoms with Crippen LogP contribution in [0.4, 0.5) is 0 Å². The quantitative estimate of drug-likeness (QED) is 0.435. The third kappa shape index (κ3) is 4.35. The molecule has 1 rings (SSSR count). The molecule has 110 valence electrons. The SMILES string of the molecule is CC(CC[C@@H](C(=O)O)[C@H](C)N(O)C=O)c1ccccc1. The van der Waals surface area contributed by atoms with Gasteiger partial charge in [0.15, 0.2) is 0 Å². The molecular weight excluding hydrogens is 258 g/mol. The Bertz CT molecular complexity index is 435. The van der Waals surface area contributed by atoms with Gasteiger partial charge < -0.3 is 5.11 Å². The topological polar surface area (TPSA) is 77.8 Å². The van der Waals surface area contributed by atoms with E-state index in [1.165, 1.54) is 6.92 Å². The van der Waals surface area contributed by atoms with Crippen molar-refractivity contribution in [2.75, 3.05) is 0 Å². The summed E-state index contributed by atoms with van der Waals surface area (Å²) in [5, 5.41) is 19.0. The van der Waals surface area contributed by atoms with Gasteiger partial charge in [-0.3, -0.25) is 14.8 Å². The number of hydrogen-bond donors (Lipinski definition) is 2. The third-order valence-corrected chi connectivity index (χ3v) is 3.70. The van der Waals surface area contributed by atoms with E-state index in [0.717, 1.165) is 5.56 Å². The number of carbonyl (C=O) groups excluding carboxylic acids is 1. The highest BCUT2D eigenvalue weighted by molar-refractivity contribution is 5.71. The van der Waals surface area contributed by atoms with E-state index in [-0.39, 0.29) is 12.3 Å². The Labute approximate surface area is 118 Å². The summed E-state index contributed by atoms with van der Waals surface area (Å²) < 4.78 is 0. The Hall–Kier alpha value is -1.88. The number of carboxylic acid groups (broad SMARTS) is 1. The lowest BCUT2D eigenvalue weighted by atomic mass is 9.88. The van der Waals surface area contributed by atoms with Gasteiger partial charge in [-0.2, -0.15) is 0 Å². The summed E-state index contributed by atoms with van der Waals surface area (Å²) in [5.74, 6) is -1.55.